The predicted octanol–water partition coefficient (Wildman–Crippen LogP) is 14.1. The molecule has 4 heteroatoms. The zero-order valence-electron chi connectivity index (χ0n) is 30.8. The van der Waals surface area contributed by atoms with Crippen molar-refractivity contribution in [2.75, 3.05) is 0 Å². The molecule has 0 saturated heterocycles. The van der Waals surface area contributed by atoms with Crippen molar-refractivity contribution >= 4 is 43.6 Å². The van der Waals surface area contributed by atoms with Gasteiger partial charge in [-0.3, -0.25) is 0 Å². The summed E-state index contributed by atoms with van der Waals surface area (Å²) in [6.07, 6.45) is 0. The van der Waals surface area contributed by atoms with Crippen LogP contribution >= 0.6 is 0 Å². The van der Waals surface area contributed by atoms with Gasteiger partial charge in [-0.1, -0.05) is 170 Å². The van der Waals surface area contributed by atoms with Crippen LogP contribution in [0.3, 0.4) is 0 Å². The number of hydrogen-bond acceptors (Lipinski definition) is 4. The van der Waals surface area contributed by atoms with Gasteiger partial charge in [0.05, 0.1) is 22.6 Å². The molecule has 0 amide bonds. The summed E-state index contributed by atoms with van der Waals surface area (Å²) in [6, 6.07) is 69.6. The topological polar surface area (TPSA) is 51.8 Å². The number of pyridine rings is 1. The summed E-state index contributed by atoms with van der Waals surface area (Å²) in [7, 11) is 0. The van der Waals surface area contributed by atoms with Crippen LogP contribution in [0.5, 0.6) is 0 Å². The van der Waals surface area contributed by atoms with Crippen molar-refractivity contribution in [2.45, 2.75) is 0 Å². The van der Waals surface area contributed by atoms with Gasteiger partial charge in [-0.05, 0) is 47.0 Å². The van der Waals surface area contributed by atoms with Crippen LogP contribution in [0.25, 0.3) is 111 Å². The fraction of sp³-hybridized carbons (Fsp3) is 0. The van der Waals surface area contributed by atoms with Crippen LogP contribution in [0, 0.1) is 0 Å². The Bertz CT molecular complexity index is 3260. The Morgan fingerprint density at radius 3 is 1.63 bits per heavy atom. The van der Waals surface area contributed by atoms with E-state index in [1.54, 1.807) is 0 Å². The number of rotatable bonds is 6. The standard InChI is InChI=1S/C53H33N3O/c1-4-15-34(16-5-1)35-27-29-38(30-28-35)53-55-45(36-17-6-2-7-18-36)33-46(56-53)39-21-14-22-40(31-39)49-50-41-23-10-12-25-44(41)54-52(37-19-8-3-9-20-37)43(50)32-48-51(49)42-24-11-13-26-47(42)57-48/h1-33H. The minimum absolute atomic E-state index is 0.675. The molecule has 0 aliphatic heterocycles. The van der Waals surface area contributed by atoms with Crippen molar-refractivity contribution in [3.8, 4) is 67.4 Å². The van der Waals surface area contributed by atoms with Gasteiger partial charge in [0.1, 0.15) is 11.2 Å². The van der Waals surface area contributed by atoms with E-state index in [-0.39, 0.29) is 0 Å². The van der Waals surface area contributed by atoms with Gasteiger partial charge in [-0.25, -0.2) is 15.0 Å². The van der Waals surface area contributed by atoms with Crippen LogP contribution in [0.15, 0.2) is 205 Å². The third-order valence-electron chi connectivity index (χ3n) is 10.9. The van der Waals surface area contributed by atoms with Gasteiger partial charge in [0.2, 0.25) is 0 Å². The minimum atomic E-state index is 0.675. The molecule has 266 valence electrons. The highest BCUT2D eigenvalue weighted by Crippen LogP contribution is 2.46. The normalized spacial score (nSPS) is 11.5. The zero-order chi connectivity index (χ0) is 37.7. The molecule has 0 unspecified atom stereocenters. The quantitative estimate of drug-likeness (QED) is 0.160. The Morgan fingerprint density at radius 1 is 0.316 bits per heavy atom. The molecule has 57 heavy (non-hydrogen) atoms. The maximum absolute atomic E-state index is 6.66. The van der Waals surface area contributed by atoms with Crippen molar-refractivity contribution in [3.63, 3.8) is 0 Å². The highest BCUT2D eigenvalue weighted by Gasteiger charge is 2.22. The van der Waals surface area contributed by atoms with Crippen LogP contribution in [0.1, 0.15) is 0 Å². The second-order valence-electron chi connectivity index (χ2n) is 14.3. The highest BCUT2D eigenvalue weighted by molar-refractivity contribution is 6.27. The van der Waals surface area contributed by atoms with E-state index in [1.165, 1.54) is 5.56 Å². The summed E-state index contributed by atoms with van der Waals surface area (Å²) in [6.45, 7) is 0. The molecule has 0 aliphatic carbocycles. The lowest BCUT2D eigenvalue weighted by Gasteiger charge is -2.16. The number of benzene rings is 8. The molecule has 0 bridgehead atoms. The number of fused-ring (bicyclic) bond motifs is 6. The summed E-state index contributed by atoms with van der Waals surface area (Å²) < 4.78 is 6.66. The first kappa shape index (κ1) is 32.7. The van der Waals surface area contributed by atoms with Crippen LogP contribution in [0.4, 0.5) is 0 Å². The number of para-hydroxylation sites is 2. The number of aromatic nitrogens is 3. The summed E-state index contributed by atoms with van der Waals surface area (Å²) in [5.41, 5.74) is 13.8. The van der Waals surface area contributed by atoms with Crippen LogP contribution in [-0.2, 0) is 0 Å². The van der Waals surface area contributed by atoms with E-state index < -0.39 is 0 Å². The molecular formula is C53H33N3O. The first-order valence-corrected chi connectivity index (χ1v) is 19.2. The van der Waals surface area contributed by atoms with Gasteiger partial charge in [0.15, 0.2) is 5.82 Å². The average Bonchev–Trinajstić information content (AvgIpc) is 3.67. The van der Waals surface area contributed by atoms with Gasteiger partial charge < -0.3 is 4.42 Å². The predicted molar refractivity (Wildman–Crippen MR) is 235 cm³/mol. The van der Waals surface area contributed by atoms with Gasteiger partial charge >= 0.3 is 0 Å². The van der Waals surface area contributed by atoms with Crippen LogP contribution in [-0.4, -0.2) is 15.0 Å². The lowest BCUT2D eigenvalue weighted by Crippen LogP contribution is -1.96. The van der Waals surface area contributed by atoms with Gasteiger partial charge in [0.25, 0.3) is 0 Å². The fourth-order valence-corrected chi connectivity index (χ4v) is 8.18. The maximum Gasteiger partial charge on any atom is 0.160 e. The number of hydrogen-bond donors (Lipinski definition) is 0. The smallest absolute Gasteiger partial charge is 0.160 e. The summed E-state index contributed by atoms with van der Waals surface area (Å²) >= 11 is 0. The molecule has 0 radical (unpaired) electrons. The summed E-state index contributed by atoms with van der Waals surface area (Å²) in [5, 5.41) is 5.43. The maximum atomic E-state index is 6.66. The molecule has 0 saturated carbocycles. The molecule has 11 aromatic rings. The van der Waals surface area contributed by atoms with E-state index in [2.05, 4.69) is 176 Å². The van der Waals surface area contributed by atoms with Crippen molar-refractivity contribution in [1.82, 2.24) is 15.0 Å². The molecule has 3 heterocycles. The molecule has 0 fully saturated rings. The van der Waals surface area contributed by atoms with Crippen molar-refractivity contribution in [3.05, 3.63) is 200 Å². The SMILES string of the molecule is c1ccc(-c2ccc(-c3nc(-c4ccccc4)cc(-c4cccc(-c5c6c(cc7c(-c8ccccc8)nc8ccccc8c57)oc5ccccc56)c4)n3)cc2)cc1. The van der Waals surface area contributed by atoms with Gasteiger partial charge in [-0.15, -0.1) is 0 Å². The molecule has 8 aromatic carbocycles. The molecular weight excluding hydrogens is 695 g/mol. The van der Waals surface area contributed by atoms with E-state index in [1.807, 2.05) is 24.3 Å². The number of furan rings is 1. The van der Waals surface area contributed by atoms with E-state index >= 15 is 0 Å². The lowest BCUT2D eigenvalue weighted by molar-refractivity contribution is 0.669. The first-order valence-electron chi connectivity index (χ1n) is 19.2. The molecule has 0 N–H and O–H groups in total. The Morgan fingerprint density at radius 2 is 0.877 bits per heavy atom. The van der Waals surface area contributed by atoms with Crippen LogP contribution in [0.2, 0.25) is 0 Å². The zero-order valence-corrected chi connectivity index (χ0v) is 30.8. The van der Waals surface area contributed by atoms with Crippen molar-refractivity contribution < 1.29 is 4.42 Å². The fourth-order valence-electron chi connectivity index (χ4n) is 8.18. The van der Waals surface area contributed by atoms with Crippen LogP contribution < -0.4 is 0 Å². The summed E-state index contributed by atoms with van der Waals surface area (Å²) in [5.74, 6) is 0.675. The van der Waals surface area contributed by atoms with Gasteiger partial charge in [0, 0.05) is 54.7 Å². The Balaban J connectivity index is 1.16. The third kappa shape index (κ3) is 5.74. The monoisotopic (exact) mass is 727 g/mol. The first-order chi connectivity index (χ1) is 28.2. The van der Waals surface area contributed by atoms with Crippen molar-refractivity contribution in [1.29, 1.82) is 0 Å². The molecule has 11 rings (SSSR count). The van der Waals surface area contributed by atoms with Crippen molar-refractivity contribution in [2.24, 2.45) is 0 Å². The Kier molecular flexibility index (Phi) is 7.78. The molecule has 0 atom stereocenters. The summed E-state index contributed by atoms with van der Waals surface area (Å²) in [4.78, 5) is 15.7. The molecule has 0 aliphatic rings. The van der Waals surface area contributed by atoms with E-state index in [9.17, 15) is 0 Å². The minimum Gasteiger partial charge on any atom is -0.456 e. The van der Waals surface area contributed by atoms with E-state index in [4.69, 9.17) is 19.4 Å². The molecule has 4 nitrogen and oxygen atoms in total. The van der Waals surface area contributed by atoms with E-state index in [0.29, 0.717) is 5.82 Å². The second-order valence-corrected chi connectivity index (χ2v) is 14.3. The van der Waals surface area contributed by atoms with Gasteiger partial charge in [-0.2, -0.15) is 0 Å². The Hall–Kier alpha value is -7.69. The largest absolute Gasteiger partial charge is 0.456 e. The molecule has 0 spiro atoms. The Labute approximate surface area is 329 Å². The van der Waals surface area contributed by atoms with E-state index in [0.717, 1.165) is 99.6 Å². The second kappa shape index (κ2) is 13.6. The highest BCUT2D eigenvalue weighted by atomic mass is 16.3. The average molecular weight is 728 g/mol. The number of nitrogens with zero attached hydrogens (tertiary/aromatic N) is 3. The lowest BCUT2D eigenvalue weighted by atomic mass is 9.89. The third-order valence-corrected chi connectivity index (χ3v) is 10.9. The molecule has 3 aromatic heterocycles.